The fourth-order valence-electron chi connectivity index (χ4n) is 1.86. The lowest BCUT2D eigenvalue weighted by Crippen LogP contribution is -2.24. The predicted molar refractivity (Wildman–Crippen MR) is 71.1 cm³/mol. The molecule has 98 valence electrons. The maximum Gasteiger partial charge on any atom is 0.110 e. The van der Waals surface area contributed by atoms with E-state index in [0.29, 0.717) is 6.04 Å². The van der Waals surface area contributed by atoms with Crippen LogP contribution in [0.2, 0.25) is 0 Å². The van der Waals surface area contributed by atoms with E-state index < -0.39 is 0 Å². The van der Waals surface area contributed by atoms with Crippen LogP contribution >= 0.6 is 0 Å². The highest BCUT2D eigenvalue weighted by Gasteiger charge is 2.05. The van der Waals surface area contributed by atoms with Crippen LogP contribution in [0.25, 0.3) is 0 Å². The summed E-state index contributed by atoms with van der Waals surface area (Å²) in [5, 5.41) is 7.77. The van der Waals surface area contributed by atoms with Gasteiger partial charge in [0.2, 0.25) is 0 Å². The zero-order chi connectivity index (χ0) is 13.0. The first kappa shape index (κ1) is 12.8. The summed E-state index contributed by atoms with van der Waals surface area (Å²) < 4.78 is 4.10. The van der Waals surface area contributed by atoms with Gasteiger partial charge in [0.1, 0.15) is 5.82 Å². The molecule has 0 aliphatic carbocycles. The molecule has 0 spiro atoms. The van der Waals surface area contributed by atoms with Crippen molar-refractivity contribution in [3.63, 3.8) is 0 Å². The molecule has 18 heavy (non-hydrogen) atoms. The van der Waals surface area contributed by atoms with Crippen LogP contribution in [-0.4, -0.2) is 25.4 Å². The second-order valence-electron chi connectivity index (χ2n) is 4.79. The van der Waals surface area contributed by atoms with Crippen LogP contribution in [0.5, 0.6) is 0 Å². The molecule has 5 heteroatoms. The van der Waals surface area contributed by atoms with Crippen molar-refractivity contribution in [2.24, 2.45) is 7.05 Å². The molecule has 0 aliphatic rings. The monoisotopic (exact) mass is 247 g/mol. The molecule has 1 N–H and O–H groups in total. The number of rotatable bonds is 6. The van der Waals surface area contributed by atoms with Crippen molar-refractivity contribution in [3.8, 4) is 0 Å². The minimum atomic E-state index is 0.489. The minimum absolute atomic E-state index is 0.489. The summed E-state index contributed by atoms with van der Waals surface area (Å²) >= 11 is 0. The lowest BCUT2D eigenvalue weighted by Gasteiger charge is -2.10. The number of nitrogens with one attached hydrogen (secondary N) is 1. The molecule has 2 aromatic heterocycles. The van der Waals surface area contributed by atoms with Crippen LogP contribution in [0, 0.1) is 0 Å². The molecule has 0 atom stereocenters. The van der Waals surface area contributed by atoms with Crippen molar-refractivity contribution >= 4 is 0 Å². The van der Waals surface area contributed by atoms with Crippen LogP contribution in [-0.2, 0) is 26.6 Å². The fourth-order valence-corrected chi connectivity index (χ4v) is 1.86. The second-order valence-corrected chi connectivity index (χ2v) is 4.79. The lowest BCUT2D eigenvalue weighted by molar-refractivity contribution is 0.520. The van der Waals surface area contributed by atoms with Gasteiger partial charge in [0, 0.05) is 51.2 Å². The first-order valence-electron chi connectivity index (χ1n) is 6.37. The van der Waals surface area contributed by atoms with Crippen molar-refractivity contribution in [2.75, 3.05) is 0 Å². The Morgan fingerprint density at radius 3 is 2.83 bits per heavy atom. The van der Waals surface area contributed by atoms with E-state index >= 15 is 0 Å². The van der Waals surface area contributed by atoms with Crippen molar-refractivity contribution in [3.05, 3.63) is 36.2 Å². The van der Waals surface area contributed by atoms with Gasteiger partial charge in [-0.15, -0.1) is 0 Å². The van der Waals surface area contributed by atoms with Gasteiger partial charge in [0.05, 0.1) is 5.69 Å². The number of hydrogen-bond donors (Lipinski definition) is 1. The minimum Gasteiger partial charge on any atom is -0.338 e. The summed E-state index contributed by atoms with van der Waals surface area (Å²) in [6.45, 7) is 6.02. The number of aromatic nitrogens is 4. The van der Waals surface area contributed by atoms with Crippen LogP contribution in [0.4, 0.5) is 0 Å². The average Bonchev–Trinajstić information content (AvgIpc) is 2.92. The molecule has 0 fully saturated rings. The maximum absolute atomic E-state index is 4.36. The third-order valence-corrected chi connectivity index (χ3v) is 2.96. The number of hydrogen-bond acceptors (Lipinski definition) is 3. The van der Waals surface area contributed by atoms with Crippen LogP contribution in [0.15, 0.2) is 24.7 Å². The van der Waals surface area contributed by atoms with Gasteiger partial charge in [-0.2, -0.15) is 5.10 Å². The summed E-state index contributed by atoms with van der Waals surface area (Å²) in [6.07, 6.45) is 6.56. The topological polar surface area (TPSA) is 47.7 Å². The van der Waals surface area contributed by atoms with Gasteiger partial charge in [0.15, 0.2) is 0 Å². The Bertz CT molecular complexity index is 483. The molecule has 0 bridgehead atoms. The molecular weight excluding hydrogens is 226 g/mol. The molecule has 0 saturated carbocycles. The summed E-state index contributed by atoms with van der Waals surface area (Å²) in [6, 6.07) is 2.55. The van der Waals surface area contributed by atoms with Crippen molar-refractivity contribution in [2.45, 2.75) is 39.4 Å². The molecule has 2 rings (SSSR count). The SMILES string of the molecule is CC(C)NCc1ccnn1CCc1nccn1C. The van der Waals surface area contributed by atoms with Gasteiger partial charge in [-0.1, -0.05) is 13.8 Å². The summed E-state index contributed by atoms with van der Waals surface area (Å²) in [7, 11) is 2.02. The number of nitrogens with zero attached hydrogens (tertiary/aromatic N) is 4. The van der Waals surface area contributed by atoms with E-state index in [0.717, 1.165) is 25.3 Å². The fraction of sp³-hybridized carbons (Fsp3) is 0.538. The van der Waals surface area contributed by atoms with Crippen molar-refractivity contribution < 1.29 is 0 Å². The predicted octanol–water partition coefficient (Wildman–Crippen LogP) is 1.36. The molecule has 5 nitrogen and oxygen atoms in total. The van der Waals surface area contributed by atoms with Crippen LogP contribution < -0.4 is 5.32 Å². The zero-order valence-electron chi connectivity index (χ0n) is 11.3. The molecule has 2 aromatic rings. The van der Waals surface area contributed by atoms with E-state index in [4.69, 9.17) is 0 Å². The Hall–Kier alpha value is -1.62. The van der Waals surface area contributed by atoms with Crippen molar-refractivity contribution in [1.82, 2.24) is 24.6 Å². The average molecular weight is 247 g/mol. The molecule has 0 unspecified atom stereocenters. The largest absolute Gasteiger partial charge is 0.338 e. The smallest absolute Gasteiger partial charge is 0.110 e. The Morgan fingerprint density at radius 2 is 2.17 bits per heavy atom. The third-order valence-electron chi connectivity index (χ3n) is 2.96. The highest BCUT2D eigenvalue weighted by atomic mass is 15.3. The normalized spacial score (nSPS) is 11.3. The second kappa shape index (κ2) is 5.82. The Balaban J connectivity index is 1.93. The number of aryl methyl sites for hydroxylation is 3. The van der Waals surface area contributed by atoms with E-state index in [-0.39, 0.29) is 0 Å². The van der Waals surface area contributed by atoms with E-state index in [2.05, 4.69) is 39.9 Å². The first-order valence-corrected chi connectivity index (χ1v) is 6.37. The summed E-state index contributed by atoms with van der Waals surface area (Å²) in [5.41, 5.74) is 1.22. The lowest BCUT2D eigenvalue weighted by atomic mass is 10.3. The van der Waals surface area contributed by atoms with Gasteiger partial charge >= 0.3 is 0 Å². The highest BCUT2D eigenvalue weighted by Crippen LogP contribution is 2.03. The van der Waals surface area contributed by atoms with Gasteiger partial charge in [0.25, 0.3) is 0 Å². The molecule has 2 heterocycles. The quantitative estimate of drug-likeness (QED) is 0.838. The van der Waals surface area contributed by atoms with Crippen molar-refractivity contribution in [1.29, 1.82) is 0 Å². The zero-order valence-corrected chi connectivity index (χ0v) is 11.3. The van der Waals surface area contributed by atoms with E-state index in [1.165, 1.54) is 5.69 Å². The standard InChI is InChI=1S/C13H21N5/c1-11(2)15-10-12-4-6-16-18(12)8-5-13-14-7-9-17(13)3/h4,6-7,9,11,15H,5,8,10H2,1-3H3. The Kier molecular flexibility index (Phi) is 4.15. The first-order chi connectivity index (χ1) is 8.66. The molecule has 0 radical (unpaired) electrons. The summed E-state index contributed by atoms with van der Waals surface area (Å²) in [5.74, 6) is 1.09. The molecule has 0 saturated heterocycles. The number of imidazole rings is 1. The van der Waals surface area contributed by atoms with Gasteiger partial charge < -0.3 is 9.88 Å². The van der Waals surface area contributed by atoms with E-state index in [1.54, 1.807) is 0 Å². The Morgan fingerprint density at radius 1 is 1.33 bits per heavy atom. The highest BCUT2D eigenvalue weighted by molar-refractivity contribution is 5.01. The molecule has 0 aliphatic heterocycles. The van der Waals surface area contributed by atoms with Crippen LogP contribution in [0.1, 0.15) is 25.4 Å². The summed E-state index contributed by atoms with van der Waals surface area (Å²) in [4.78, 5) is 4.33. The molecule has 0 amide bonds. The van der Waals surface area contributed by atoms with Gasteiger partial charge in [-0.25, -0.2) is 4.98 Å². The van der Waals surface area contributed by atoms with E-state index in [1.807, 2.05) is 30.3 Å². The Labute approximate surface area is 108 Å². The maximum atomic E-state index is 4.36. The third kappa shape index (κ3) is 3.20. The van der Waals surface area contributed by atoms with E-state index in [9.17, 15) is 0 Å². The van der Waals surface area contributed by atoms with Gasteiger partial charge in [-0.3, -0.25) is 4.68 Å². The molecular formula is C13H21N5. The van der Waals surface area contributed by atoms with Gasteiger partial charge in [-0.05, 0) is 6.07 Å². The van der Waals surface area contributed by atoms with Crippen LogP contribution in [0.3, 0.4) is 0 Å². The molecule has 0 aromatic carbocycles.